The highest BCUT2D eigenvalue weighted by Crippen LogP contribution is 2.51. The predicted octanol–water partition coefficient (Wildman–Crippen LogP) is 3.15. The van der Waals surface area contributed by atoms with Gasteiger partial charge in [0.15, 0.2) is 11.5 Å². The van der Waals surface area contributed by atoms with Crippen molar-refractivity contribution >= 4 is 11.7 Å². The van der Waals surface area contributed by atoms with Gasteiger partial charge in [-0.25, -0.2) is 0 Å². The van der Waals surface area contributed by atoms with E-state index in [9.17, 15) is 4.79 Å². The third kappa shape index (κ3) is 2.62. The van der Waals surface area contributed by atoms with E-state index in [2.05, 4.69) is 21.6 Å². The number of aromatic amines is 1. The summed E-state index contributed by atoms with van der Waals surface area (Å²) in [5.74, 6) is 3.81. The van der Waals surface area contributed by atoms with Gasteiger partial charge in [0.2, 0.25) is 12.7 Å². The topological polar surface area (TPSA) is 76.2 Å². The lowest BCUT2D eigenvalue weighted by Crippen LogP contribution is -2.12. The van der Waals surface area contributed by atoms with Crippen LogP contribution in [0.2, 0.25) is 0 Å². The van der Waals surface area contributed by atoms with E-state index in [0.29, 0.717) is 36.8 Å². The highest BCUT2D eigenvalue weighted by molar-refractivity contribution is 5.90. The molecule has 0 spiro atoms. The lowest BCUT2D eigenvalue weighted by molar-refractivity contribution is -0.116. The van der Waals surface area contributed by atoms with Crippen molar-refractivity contribution in [3.8, 4) is 11.5 Å². The first kappa shape index (κ1) is 13.9. The van der Waals surface area contributed by atoms with Gasteiger partial charge in [-0.3, -0.25) is 9.89 Å². The highest BCUT2D eigenvalue weighted by Gasteiger charge is 2.40. The van der Waals surface area contributed by atoms with Crippen LogP contribution >= 0.6 is 0 Å². The van der Waals surface area contributed by atoms with E-state index < -0.39 is 0 Å². The number of benzene rings is 1. The second kappa shape index (κ2) is 5.26. The fourth-order valence-electron chi connectivity index (χ4n) is 3.45. The molecule has 2 aromatic rings. The molecule has 2 aliphatic carbocycles. The number of anilines is 1. The molecule has 6 heteroatoms. The van der Waals surface area contributed by atoms with Gasteiger partial charge in [-0.15, -0.1) is 0 Å². The Morgan fingerprint density at radius 3 is 3.00 bits per heavy atom. The maximum Gasteiger partial charge on any atom is 0.231 e. The number of hydrogen-bond acceptors (Lipinski definition) is 4. The summed E-state index contributed by atoms with van der Waals surface area (Å²) in [7, 11) is 0. The number of aromatic nitrogens is 2. The number of fused-ring (bicyclic) bond motifs is 1. The van der Waals surface area contributed by atoms with Crippen LogP contribution in [0.15, 0.2) is 24.3 Å². The Balaban J connectivity index is 1.17. The average Bonchev–Trinajstić information content (AvgIpc) is 3.46. The van der Waals surface area contributed by atoms with Gasteiger partial charge in [-0.2, -0.15) is 5.10 Å². The average molecular weight is 325 g/mol. The minimum Gasteiger partial charge on any atom is -0.454 e. The van der Waals surface area contributed by atoms with Crippen LogP contribution in [0, 0.1) is 5.92 Å². The van der Waals surface area contributed by atoms with Crippen molar-refractivity contribution < 1.29 is 14.3 Å². The Labute approximate surface area is 139 Å². The molecule has 2 N–H and O–H groups in total. The van der Waals surface area contributed by atoms with Crippen molar-refractivity contribution in [2.45, 2.75) is 37.5 Å². The molecule has 0 bridgehead atoms. The van der Waals surface area contributed by atoms with E-state index in [4.69, 9.17) is 9.47 Å². The molecular formula is C18H19N3O3. The van der Waals surface area contributed by atoms with Crippen LogP contribution in [0.3, 0.4) is 0 Å². The van der Waals surface area contributed by atoms with E-state index in [1.165, 1.54) is 18.4 Å². The summed E-state index contributed by atoms with van der Waals surface area (Å²) in [5, 5.41) is 10.1. The van der Waals surface area contributed by atoms with Crippen molar-refractivity contribution in [1.82, 2.24) is 10.2 Å². The van der Waals surface area contributed by atoms with Gasteiger partial charge in [-0.05, 0) is 48.8 Å². The molecule has 1 aliphatic heterocycles. The Hall–Kier alpha value is -2.50. The molecule has 1 amide bonds. The van der Waals surface area contributed by atoms with Gasteiger partial charge in [-0.1, -0.05) is 6.07 Å². The Morgan fingerprint density at radius 2 is 2.12 bits per heavy atom. The van der Waals surface area contributed by atoms with E-state index in [-0.39, 0.29) is 5.91 Å². The monoisotopic (exact) mass is 325 g/mol. The number of nitrogens with one attached hydrogen (secondary N) is 2. The number of H-pyrrole nitrogens is 1. The van der Waals surface area contributed by atoms with E-state index in [1.54, 1.807) is 0 Å². The first-order chi connectivity index (χ1) is 11.8. The highest BCUT2D eigenvalue weighted by atomic mass is 16.7. The molecule has 1 aromatic carbocycles. The molecule has 2 fully saturated rings. The fraction of sp³-hybridized carbons (Fsp3) is 0.444. The van der Waals surface area contributed by atoms with Crippen LogP contribution in [0.5, 0.6) is 11.5 Å². The van der Waals surface area contributed by atoms with Crippen LogP contribution in [0.4, 0.5) is 5.82 Å². The lowest BCUT2D eigenvalue weighted by Gasteiger charge is -2.04. The van der Waals surface area contributed by atoms with Crippen LogP contribution < -0.4 is 14.8 Å². The van der Waals surface area contributed by atoms with Gasteiger partial charge in [0.05, 0.1) is 5.69 Å². The second-order valence-electron chi connectivity index (χ2n) is 6.95. The van der Waals surface area contributed by atoms with Gasteiger partial charge in [0.1, 0.15) is 5.82 Å². The van der Waals surface area contributed by atoms with Gasteiger partial charge in [0.25, 0.3) is 0 Å². The number of nitrogens with zero attached hydrogens (tertiary/aromatic N) is 1. The smallest absolute Gasteiger partial charge is 0.231 e. The maximum atomic E-state index is 12.2. The van der Waals surface area contributed by atoms with Crippen LogP contribution in [0.1, 0.15) is 48.8 Å². The zero-order chi connectivity index (χ0) is 16.1. The predicted molar refractivity (Wildman–Crippen MR) is 87.2 cm³/mol. The molecule has 6 nitrogen and oxygen atoms in total. The largest absolute Gasteiger partial charge is 0.454 e. The zero-order valence-corrected chi connectivity index (χ0v) is 13.2. The third-order valence-corrected chi connectivity index (χ3v) is 5.06. The van der Waals surface area contributed by atoms with Crippen LogP contribution in [-0.2, 0) is 4.79 Å². The molecule has 2 unspecified atom stereocenters. The summed E-state index contributed by atoms with van der Waals surface area (Å²) in [6, 6.07) is 8.03. The van der Waals surface area contributed by atoms with Crippen molar-refractivity contribution in [3.63, 3.8) is 0 Å². The van der Waals surface area contributed by atoms with E-state index in [0.717, 1.165) is 23.6 Å². The van der Waals surface area contributed by atoms with E-state index in [1.807, 2.05) is 18.2 Å². The molecule has 124 valence electrons. The van der Waals surface area contributed by atoms with Gasteiger partial charge in [0, 0.05) is 18.4 Å². The number of ether oxygens (including phenoxy) is 2. The summed E-state index contributed by atoms with van der Waals surface area (Å²) in [6.45, 7) is 0.294. The first-order valence-electron chi connectivity index (χ1n) is 8.51. The lowest BCUT2D eigenvalue weighted by atomic mass is 10.1. The van der Waals surface area contributed by atoms with Crippen molar-refractivity contribution in [2.75, 3.05) is 12.1 Å². The van der Waals surface area contributed by atoms with Crippen molar-refractivity contribution in [1.29, 1.82) is 0 Å². The summed E-state index contributed by atoms with van der Waals surface area (Å²) < 4.78 is 10.8. The van der Waals surface area contributed by atoms with Crippen LogP contribution in [0.25, 0.3) is 0 Å². The molecule has 0 radical (unpaired) electrons. The molecule has 0 saturated heterocycles. The summed E-state index contributed by atoms with van der Waals surface area (Å²) in [5.41, 5.74) is 2.30. The quantitative estimate of drug-likeness (QED) is 0.885. The number of amides is 1. The minimum atomic E-state index is 0.0502. The molecule has 3 aliphatic rings. The molecule has 2 atom stereocenters. The molecule has 24 heavy (non-hydrogen) atoms. The van der Waals surface area contributed by atoms with Gasteiger partial charge < -0.3 is 14.8 Å². The Kier molecular flexibility index (Phi) is 3.04. The number of carbonyl (C=O) groups excluding carboxylic acids is 1. The maximum absolute atomic E-state index is 12.2. The van der Waals surface area contributed by atoms with Crippen LogP contribution in [-0.4, -0.2) is 22.9 Å². The first-order valence-corrected chi connectivity index (χ1v) is 8.51. The number of carbonyl (C=O) groups is 1. The minimum absolute atomic E-state index is 0.0502. The normalized spacial score (nSPS) is 24.0. The number of hydrogen-bond donors (Lipinski definition) is 2. The SMILES string of the molecule is O=C(CC1CC1c1ccc2c(c1)OCO2)Nc1cc(C2CC2)n[nH]1. The molecule has 5 rings (SSSR count). The Morgan fingerprint density at radius 1 is 1.25 bits per heavy atom. The van der Waals surface area contributed by atoms with E-state index >= 15 is 0 Å². The standard InChI is InChI=1S/C18H19N3O3/c22-18(19-17-8-14(20-21-17)10-1-2-10)7-12-5-13(12)11-3-4-15-16(6-11)24-9-23-15/h3-4,6,8,10,12-13H,1-2,5,7,9H2,(H2,19,20,21,22). The second-order valence-corrected chi connectivity index (χ2v) is 6.95. The van der Waals surface area contributed by atoms with Crippen molar-refractivity contribution in [2.24, 2.45) is 5.92 Å². The van der Waals surface area contributed by atoms with Crippen molar-refractivity contribution in [3.05, 3.63) is 35.5 Å². The molecule has 1 aromatic heterocycles. The fourth-order valence-corrected chi connectivity index (χ4v) is 3.45. The molecule has 2 heterocycles. The summed E-state index contributed by atoms with van der Waals surface area (Å²) in [6.07, 6.45) is 4.00. The Bertz CT molecular complexity index is 797. The summed E-state index contributed by atoms with van der Waals surface area (Å²) in [4.78, 5) is 12.2. The number of rotatable bonds is 5. The zero-order valence-electron chi connectivity index (χ0n) is 13.2. The molecule has 2 saturated carbocycles. The third-order valence-electron chi connectivity index (χ3n) is 5.06. The summed E-state index contributed by atoms with van der Waals surface area (Å²) >= 11 is 0. The van der Waals surface area contributed by atoms with Gasteiger partial charge >= 0.3 is 0 Å². The molecular weight excluding hydrogens is 306 g/mol.